The first-order valence-electron chi connectivity index (χ1n) is 10.1. The van der Waals surface area contributed by atoms with Crippen molar-refractivity contribution in [1.82, 2.24) is 4.98 Å². The second kappa shape index (κ2) is 17.8. The van der Waals surface area contributed by atoms with Crippen LogP contribution in [-0.4, -0.2) is 28.0 Å². The molecule has 0 amide bonds. The number of rotatable bonds is 2. The molecule has 2 atom stereocenters. The normalized spacial score (nSPS) is 18.1. The summed E-state index contributed by atoms with van der Waals surface area (Å²) in [4.78, 5) is 25.6. The molecule has 2 aliphatic carbocycles. The van der Waals surface area contributed by atoms with Gasteiger partial charge < -0.3 is 35.6 Å². The Morgan fingerprint density at radius 2 is 1.11 bits per heavy atom. The van der Waals surface area contributed by atoms with E-state index in [4.69, 9.17) is 34.0 Å². The molecule has 0 aliphatic heterocycles. The molecule has 35 heavy (non-hydrogen) atoms. The van der Waals surface area contributed by atoms with E-state index in [0.29, 0.717) is 32.9 Å². The van der Waals surface area contributed by atoms with Gasteiger partial charge in [0.1, 0.15) is 11.4 Å². The molecule has 3 rings (SSSR count). The number of pyridine rings is 1. The largest absolute Gasteiger partial charge is 2.00 e. The van der Waals surface area contributed by atoms with Gasteiger partial charge in [-0.3, -0.25) is 9.59 Å². The molecule has 1 heterocycles. The van der Waals surface area contributed by atoms with Gasteiger partial charge in [-0.15, -0.1) is 0 Å². The van der Waals surface area contributed by atoms with Crippen molar-refractivity contribution in [3.8, 4) is 0 Å². The van der Waals surface area contributed by atoms with Gasteiger partial charge in [0.2, 0.25) is 0 Å². The Morgan fingerprint density at radius 3 is 1.37 bits per heavy atom. The summed E-state index contributed by atoms with van der Waals surface area (Å²) in [5, 5.41) is 16.0. The second-order valence-electron chi connectivity index (χ2n) is 7.73. The Bertz CT molecular complexity index is 983. The van der Waals surface area contributed by atoms with Crippen LogP contribution in [0.1, 0.15) is 62.5 Å². The van der Waals surface area contributed by atoms with Crippen LogP contribution in [0.25, 0.3) is 0 Å². The maximum Gasteiger partial charge on any atom is 2.00 e. The van der Waals surface area contributed by atoms with E-state index in [0.717, 1.165) is 11.1 Å². The minimum atomic E-state index is -0.127. The monoisotopic (exact) mass is 599 g/mol. The van der Waals surface area contributed by atoms with Gasteiger partial charge in [-0.2, -0.15) is 0 Å². The molecular weight excluding hydrogens is 572 g/mol. The summed E-state index contributed by atoms with van der Waals surface area (Å²) in [6.45, 7) is 10.8. The van der Waals surface area contributed by atoms with Gasteiger partial charge >= 0.3 is 17.1 Å². The summed E-state index contributed by atoms with van der Waals surface area (Å²) in [5.41, 5.74) is 4.01. The van der Waals surface area contributed by atoms with Gasteiger partial charge in [0.25, 0.3) is 0 Å². The minimum absolute atomic E-state index is 0. The van der Waals surface area contributed by atoms with E-state index in [1.807, 2.05) is 52.0 Å². The minimum Gasteiger partial charge on any atom is -1.00 e. The Morgan fingerprint density at radius 1 is 0.800 bits per heavy atom. The number of ketones is 2. The first kappa shape index (κ1) is 38.0. The van der Waals surface area contributed by atoms with Gasteiger partial charge in [0.05, 0.1) is 21.5 Å². The predicted octanol–water partition coefficient (Wildman–Crippen LogP) is 0.942. The average molecular weight is 601 g/mol. The van der Waals surface area contributed by atoms with E-state index in [1.54, 1.807) is 18.2 Å². The Kier molecular flexibility index (Phi) is 19.4. The van der Waals surface area contributed by atoms with Crippen molar-refractivity contribution < 1.29 is 51.5 Å². The standard InChI is InChI=1S/C9H9NO2.2C8H10ClN.2ClH.Fe/c1-6(11)8-4-3-5-9(10-8)7(2)12;2*1-5-3-6(2)8(10)7(9)4-5;;;/h3-5H,1-2H3;2*3-4,6,10H,1-2H3;2*1H;/q;;;;;+2/p-2. The zero-order valence-electron chi connectivity index (χ0n) is 20.3. The van der Waals surface area contributed by atoms with Crippen LogP contribution in [0.3, 0.4) is 0 Å². The van der Waals surface area contributed by atoms with Crippen LogP contribution in [0.15, 0.2) is 63.7 Å². The first-order valence-corrected chi connectivity index (χ1v) is 10.9. The summed E-state index contributed by atoms with van der Waals surface area (Å²) in [5.74, 6) is 0.103. The molecule has 2 aliphatic rings. The van der Waals surface area contributed by atoms with Crippen molar-refractivity contribution in [2.75, 3.05) is 0 Å². The van der Waals surface area contributed by atoms with Gasteiger partial charge in [-0.25, -0.2) is 4.98 Å². The molecule has 0 bridgehead atoms. The summed E-state index contributed by atoms with van der Waals surface area (Å²) in [6.07, 6.45) is 7.72. The maximum absolute atomic E-state index is 10.8. The number of nitrogens with zero attached hydrogens (tertiary/aromatic N) is 1. The number of halogens is 4. The number of aromatic nitrogens is 1. The van der Waals surface area contributed by atoms with Gasteiger partial charge in [-0.05, 0) is 38.1 Å². The SMILES string of the molecule is CC(=O)c1cccc(C(C)=O)n1.CC1=CC(C)C(=N)C(Cl)=C1.CC1=CC(C)C(=N)C(Cl)=C1.[Cl-].[Cl-].[Fe+2]. The zero-order valence-corrected chi connectivity index (χ0v) is 24.5. The van der Waals surface area contributed by atoms with E-state index in [1.165, 1.54) is 13.8 Å². The van der Waals surface area contributed by atoms with Crippen molar-refractivity contribution in [3.05, 3.63) is 75.1 Å². The molecule has 0 spiro atoms. The third-order valence-corrected chi connectivity index (χ3v) is 5.26. The summed E-state index contributed by atoms with van der Waals surface area (Å²) in [6, 6.07) is 4.84. The van der Waals surface area contributed by atoms with Crippen LogP contribution < -0.4 is 24.8 Å². The van der Waals surface area contributed by atoms with Crippen LogP contribution in [-0.2, 0) is 17.1 Å². The van der Waals surface area contributed by atoms with E-state index in [9.17, 15) is 9.59 Å². The fourth-order valence-electron chi connectivity index (χ4n) is 2.87. The summed E-state index contributed by atoms with van der Waals surface area (Å²) >= 11 is 11.5. The summed E-state index contributed by atoms with van der Waals surface area (Å²) in [7, 11) is 0. The summed E-state index contributed by atoms with van der Waals surface area (Å²) < 4.78 is 0. The van der Waals surface area contributed by atoms with Gasteiger partial charge in [0, 0.05) is 25.7 Å². The number of nitrogens with one attached hydrogen (secondary N) is 2. The number of hydrogen-bond donors (Lipinski definition) is 2. The van der Waals surface area contributed by atoms with Gasteiger partial charge in [-0.1, -0.05) is 66.4 Å². The smallest absolute Gasteiger partial charge is 1.00 e. The fraction of sp³-hybridized carbons (Fsp3) is 0.320. The van der Waals surface area contributed by atoms with Crippen molar-refractivity contribution in [2.45, 2.75) is 41.5 Å². The molecule has 0 aromatic carbocycles. The number of carbonyl (C=O) groups is 2. The molecule has 0 saturated heterocycles. The molecule has 0 saturated carbocycles. The van der Waals surface area contributed by atoms with E-state index >= 15 is 0 Å². The van der Waals surface area contributed by atoms with E-state index in [-0.39, 0.29) is 65.3 Å². The molecule has 2 N–H and O–H groups in total. The van der Waals surface area contributed by atoms with Crippen LogP contribution in [0.4, 0.5) is 0 Å². The molecule has 0 fully saturated rings. The Balaban J connectivity index is -0.000000423. The molecular formula is C25H29Cl4FeN3O2. The second-order valence-corrected chi connectivity index (χ2v) is 8.55. The topological polar surface area (TPSA) is 94.7 Å². The molecule has 192 valence electrons. The van der Waals surface area contributed by atoms with E-state index in [2.05, 4.69) is 4.98 Å². The molecule has 1 aromatic rings. The Hall–Kier alpha value is -1.53. The van der Waals surface area contributed by atoms with E-state index < -0.39 is 0 Å². The third kappa shape index (κ3) is 12.8. The van der Waals surface area contributed by atoms with Crippen LogP contribution in [0, 0.1) is 22.7 Å². The molecule has 2 unspecified atom stereocenters. The molecule has 10 heteroatoms. The first-order chi connectivity index (χ1) is 14.8. The number of hydrogen-bond acceptors (Lipinski definition) is 5. The molecule has 1 aromatic heterocycles. The molecule has 0 radical (unpaired) electrons. The molecule has 5 nitrogen and oxygen atoms in total. The number of carbonyl (C=O) groups excluding carboxylic acids is 2. The maximum atomic E-state index is 10.8. The number of Topliss-reactive ketones (excluding diaryl/α,β-unsaturated/α-hetero) is 2. The van der Waals surface area contributed by atoms with Crippen molar-refractivity contribution in [2.24, 2.45) is 11.8 Å². The predicted molar refractivity (Wildman–Crippen MR) is 133 cm³/mol. The number of allylic oxidation sites excluding steroid dienone is 8. The third-order valence-electron chi connectivity index (χ3n) is 4.63. The zero-order chi connectivity index (χ0) is 24.6. The van der Waals surface area contributed by atoms with Crippen LogP contribution in [0.2, 0.25) is 0 Å². The van der Waals surface area contributed by atoms with Crippen molar-refractivity contribution in [3.63, 3.8) is 0 Å². The van der Waals surface area contributed by atoms with Gasteiger partial charge in [0.15, 0.2) is 11.6 Å². The van der Waals surface area contributed by atoms with Crippen molar-refractivity contribution >= 4 is 46.2 Å². The van der Waals surface area contributed by atoms with Crippen LogP contribution >= 0.6 is 23.2 Å². The average Bonchev–Trinajstić information content (AvgIpc) is 2.71. The van der Waals surface area contributed by atoms with Crippen LogP contribution in [0.5, 0.6) is 0 Å². The quantitative estimate of drug-likeness (QED) is 0.391. The Labute approximate surface area is 240 Å². The van der Waals surface area contributed by atoms with Crippen molar-refractivity contribution in [1.29, 1.82) is 10.8 Å². The fourth-order valence-corrected chi connectivity index (χ4v) is 3.56.